The Balaban J connectivity index is 2.57. The van der Waals surface area contributed by atoms with E-state index in [4.69, 9.17) is 10.5 Å². The predicted octanol–water partition coefficient (Wildman–Crippen LogP) is 1.82. The number of methoxy groups -OCH3 is 1. The van der Waals surface area contributed by atoms with Crippen LogP contribution in [0.4, 0.5) is 5.69 Å². The highest BCUT2D eigenvalue weighted by Crippen LogP contribution is 2.43. The highest BCUT2D eigenvalue weighted by Gasteiger charge is 2.54. The lowest BCUT2D eigenvalue weighted by atomic mass is 9.74. The number of rotatable bonds is 2. The minimum absolute atomic E-state index is 0.119. The van der Waals surface area contributed by atoms with E-state index in [2.05, 4.69) is 0 Å². The number of Topliss-reactive ketones (excluding diaryl/α,β-unsaturated/α-hetero) is 1. The van der Waals surface area contributed by atoms with Gasteiger partial charge in [0.1, 0.15) is 5.41 Å². The van der Waals surface area contributed by atoms with E-state index in [-0.39, 0.29) is 11.7 Å². The summed E-state index contributed by atoms with van der Waals surface area (Å²) in [5, 5.41) is 0. The molecule has 0 radical (unpaired) electrons. The van der Waals surface area contributed by atoms with Crippen LogP contribution in [0.15, 0.2) is 18.2 Å². The van der Waals surface area contributed by atoms with Crippen molar-refractivity contribution in [2.75, 3.05) is 12.8 Å². The number of anilines is 1. The number of hydrogen-bond donors (Lipinski definition) is 1. The van der Waals surface area contributed by atoms with Gasteiger partial charge in [-0.15, -0.1) is 0 Å². The van der Waals surface area contributed by atoms with Crippen molar-refractivity contribution in [2.45, 2.75) is 20.3 Å². The lowest BCUT2D eigenvalue weighted by Gasteiger charge is -2.28. The molecule has 0 heterocycles. The van der Waals surface area contributed by atoms with Gasteiger partial charge in [0, 0.05) is 11.3 Å². The Morgan fingerprint density at radius 2 is 2.11 bits per heavy atom. The summed E-state index contributed by atoms with van der Waals surface area (Å²) in [6.45, 7) is 3.73. The van der Waals surface area contributed by atoms with Crippen molar-refractivity contribution < 1.29 is 14.3 Å². The molecule has 2 rings (SSSR count). The van der Waals surface area contributed by atoms with Crippen molar-refractivity contribution in [3.05, 3.63) is 29.3 Å². The first-order valence-electron chi connectivity index (χ1n) is 5.95. The Bertz CT molecular complexity index is 522. The summed E-state index contributed by atoms with van der Waals surface area (Å²) in [5.74, 6) is -0.755. The number of fused-ring (bicyclic) bond motifs is 1. The van der Waals surface area contributed by atoms with Crippen molar-refractivity contribution in [1.82, 2.24) is 0 Å². The molecule has 4 nitrogen and oxygen atoms in total. The summed E-state index contributed by atoms with van der Waals surface area (Å²) in [4.78, 5) is 24.6. The van der Waals surface area contributed by atoms with Gasteiger partial charge in [0.2, 0.25) is 0 Å². The fraction of sp³-hybridized carbons (Fsp3) is 0.429. The monoisotopic (exact) mass is 247 g/mol. The number of nitrogens with two attached hydrogens (primary N) is 1. The van der Waals surface area contributed by atoms with E-state index in [0.717, 1.165) is 5.56 Å². The molecule has 1 aromatic carbocycles. The maximum Gasteiger partial charge on any atom is 0.320 e. The van der Waals surface area contributed by atoms with E-state index in [1.807, 2.05) is 19.9 Å². The molecule has 96 valence electrons. The highest BCUT2D eigenvalue weighted by atomic mass is 16.5. The van der Waals surface area contributed by atoms with E-state index in [0.29, 0.717) is 17.7 Å². The molecule has 1 aliphatic carbocycles. The molecule has 0 spiro atoms. The Morgan fingerprint density at radius 3 is 2.67 bits per heavy atom. The van der Waals surface area contributed by atoms with Gasteiger partial charge in [0.05, 0.1) is 7.11 Å². The number of ketones is 1. The van der Waals surface area contributed by atoms with Gasteiger partial charge in [0.15, 0.2) is 5.78 Å². The molecular weight excluding hydrogens is 230 g/mol. The molecule has 0 aromatic heterocycles. The number of carbonyl (C=O) groups is 2. The Kier molecular flexibility index (Phi) is 2.89. The molecule has 0 fully saturated rings. The van der Waals surface area contributed by atoms with Crippen LogP contribution in [0.5, 0.6) is 0 Å². The van der Waals surface area contributed by atoms with Crippen LogP contribution < -0.4 is 5.73 Å². The lowest BCUT2D eigenvalue weighted by Crippen LogP contribution is -2.42. The van der Waals surface area contributed by atoms with E-state index in [1.165, 1.54) is 7.11 Å². The summed E-state index contributed by atoms with van der Waals surface area (Å²) < 4.78 is 4.84. The average molecular weight is 247 g/mol. The van der Waals surface area contributed by atoms with Crippen molar-refractivity contribution in [2.24, 2.45) is 11.3 Å². The zero-order valence-corrected chi connectivity index (χ0v) is 10.8. The van der Waals surface area contributed by atoms with E-state index >= 15 is 0 Å². The van der Waals surface area contributed by atoms with Gasteiger partial charge in [0.25, 0.3) is 0 Å². The first-order chi connectivity index (χ1) is 8.43. The second-order valence-corrected chi connectivity index (χ2v) is 5.04. The number of esters is 1. The highest BCUT2D eigenvalue weighted by molar-refractivity contribution is 6.16. The molecule has 1 aliphatic rings. The molecule has 4 heteroatoms. The van der Waals surface area contributed by atoms with Crippen molar-refractivity contribution in [3.63, 3.8) is 0 Å². The second kappa shape index (κ2) is 4.12. The number of nitrogen functional groups attached to an aromatic ring is 1. The molecule has 0 aliphatic heterocycles. The maximum atomic E-state index is 12.6. The number of benzene rings is 1. The topological polar surface area (TPSA) is 69.4 Å². The molecule has 1 atom stereocenters. The van der Waals surface area contributed by atoms with Gasteiger partial charge in [-0.3, -0.25) is 9.59 Å². The van der Waals surface area contributed by atoms with Crippen LogP contribution in [0.2, 0.25) is 0 Å². The van der Waals surface area contributed by atoms with Gasteiger partial charge >= 0.3 is 5.97 Å². The fourth-order valence-electron chi connectivity index (χ4n) is 2.63. The van der Waals surface area contributed by atoms with E-state index in [9.17, 15) is 9.59 Å². The van der Waals surface area contributed by atoms with Gasteiger partial charge in [-0.2, -0.15) is 0 Å². The van der Waals surface area contributed by atoms with Crippen LogP contribution in [-0.2, 0) is 16.0 Å². The Labute approximate surface area is 106 Å². The van der Waals surface area contributed by atoms with Gasteiger partial charge in [-0.25, -0.2) is 0 Å². The van der Waals surface area contributed by atoms with E-state index < -0.39 is 11.4 Å². The SMILES string of the molecule is COC(=O)C1(C(C)C)Cc2ccc(N)cc2C1=O. The summed E-state index contributed by atoms with van der Waals surface area (Å²) in [7, 11) is 1.32. The summed E-state index contributed by atoms with van der Waals surface area (Å²) in [6, 6.07) is 5.21. The standard InChI is InChI=1S/C14H17NO3/c1-8(2)14(13(17)18-3)7-9-4-5-10(15)6-11(9)12(14)16/h4-6,8H,7,15H2,1-3H3. The Hall–Kier alpha value is -1.84. The molecule has 2 N–H and O–H groups in total. The normalized spacial score (nSPS) is 22.1. The average Bonchev–Trinajstić information content (AvgIpc) is 2.63. The summed E-state index contributed by atoms with van der Waals surface area (Å²) in [6.07, 6.45) is 0.395. The largest absolute Gasteiger partial charge is 0.468 e. The molecule has 18 heavy (non-hydrogen) atoms. The zero-order valence-electron chi connectivity index (χ0n) is 10.8. The maximum absolute atomic E-state index is 12.6. The quantitative estimate of drug-likeness (QED) is 0.491. The first kappa shape index (κ1) is 12.6. The lowest BCUT2D eigenvalue weighted by molar-refractivity contribution is -0.151. The third-order valence-corrected chi connectivity index (χ3v) is 3.79. The Morgan fingerprint density at radius 1 is 1.44 bits per heavy atom. The van der Waals surface area contributed by atoms with Crippen LogP contribution in [0.3, 0.4) is 0 Å². The third kappa shape index (κ3) is 1.52. The fourth-order valence-corrected chi connectivity index (χ4v) is 2.63. The van der Waals surface area contributed by atoms with Gasteiger partial charge in [-0.1, -0.05) is 19.9 Å². The van der Waals surface area contributed by atoms with Gasteiger partial charge in [-0.05, 0) is 30.0 Å². The van der Waals surface area contributed by atoms with Crippen molar-refractivity contribution in [3.8, 4) is 0 Å². The number of carbonyl (C=O) groups excluding carboxylic acids is 2. The third-order valence-electron chi connectivity index (χ3n) is 3.79. The summed E-state index contributed by atoms with van der Waals surface area (Å²) in [5.41, 5.74) is 6.56. The molecule has 0 saturated heterocycles. The smallest absolute Gasteiger partial charge is 0.320 e. The van der Waals surface area contributed by atoms with Crippen LogP contribution in [0, 0.1) is 11.3 Å². The molecular formula is C14H17NO3. The van der Waals surface area contributed by atoms with Crippen LogP contribution in [0.25, 0.3) is 0 Å². The molecule has 1 aromatic rings. The van der Waals surface area contributed by atoms with Crippen LogP contribution in [-0.4, -0.2) is 18.9 Å². The van der Waals surface area contributed by atoms with Crippen molar-refractivity contribution in [1.29, 1.82) is 0 Å². The zero-order chi connectivity index (χ0) is 13.5. The van der Waals surface area contributed by atoms with Crippen LogP contribution >= 0.6 is 0 Å². The number of ether oxygens (including phenoxy) is 1. The predicted molar refractivity (Wildman–Crippen MR) is 68.2 cm³/mol. The molecule has 1 unspecified atom stereocenters. The molecule has 0 bridgehead atoms. The minimum Gasteiger partial charge on any atom is -0.468 e. The summed E-state index contributed by atoms with van der Waals surface area (Å²) >= 11 is 0. The number of hydrogen-bond acceptors (Lipinski definition) is 4. The first-order valence-corrected chi connectivity index (χ1v) is 5.95. The van der Waals surface area contributed by atoms with Crippen molar-refractivity contribution >= 4 is 17.4 Å². The second-order valence-electron chi connectivity index (χ2n) is 5.04. The minimum atomic E-state index is -1.09. The van der Waals surface area contributed by atoms with E-state index in [1.54, 1.807) is 12.1 Å². The molecule has 0 amide bonds. The van der Waals surface area contributed by atoms with Gasteiger partial charge < -0.3 is 10.5 Å². The molecule has 0 saturated carbocycles. The van der Waals surface area contributed by atoms with Crippen LogP contribution in [0.1, 0.15) is 29.8 Å².